The average Bonchev–Trinajstić information content (AvgIpc) is 3.10. The SMILES string of the molecule is O=C(NCc1cccc(F)c1)[C@H]1CCCN(c2nc3cccnc3s2)C1. The van der Waals surface area contributed by atoms with Crippen LogP contribution in [0.15, 0.2) is 42.6 Å². The monoisotopic (exact) mass is 370 g/mol. The number of carbonyl (C=O) groups excluding carboxylic acids is 1. The molecule has 1 N–H and O–H groups in total. The predicted molar refractivity (Wildman–Crippen MR) is 101 cm³/mol. The highest BCUT2D eigenvalue weighted by Crippen LogP contribution is 2.30. The van der Waals surface area contributed by atoms with Gasteiger partial charge in [0.15, 0.2) is 5.13 Å². The molecule has 1 saturated heterocycles. The highest BCUT2D eigenvalue weighted by atomic mass is 32.1. The van der Waals surface area contributed by atoms with Gasteiger partial charge in [-0.25, -0.2) is 14.4 Å². The topological polar surface area (TPSA) is 58.1 Å². The Labute approximate surface area is 154 Å². The summed E-state index contributed by atoms with van der Waals surface area (Å²) >= 11 is 1.56. The fourth-order valence-corrected chi connectivity index (χ4v) is 4.18. The quantitative estimate of drug-likeness (QED) is 0.765. The highest BCUT2D eigenvalue weighted by Gasteiger charge is 2.27. The number of amides is 1. The molecule has 0 radical (unpaired) electrons. The number of pyridine rings is 1. The molecule has 3 heterocycles. The Morgan fingerprint density at radius 3 is 3.12 bits per heavy atom. The molecule has 1 fully saturated rings. The molecule has 1 amide bonds. The van der Waals surface area contributed by atoms with E-state index in [1.807, 2.05) is 18.2 Å². The van der Waals surface area contributed by atoms with Gasteiger partial charge in [-0.3, -0.25) is 4.79 Å². The molecule has 0 spiro atoms. The van der Waals surface area contributed by atoms with E-state index in [1.165, 1.54) is 12.1 Å². The number of nitrogens with zero attached hydrogens (tertiary/aromatic N) is 3. The van der Waals surface area contributed by atoms with Crippen LogP contribution in [0, 0.1) is 11.7 Å². The molecule has 26 heavy (non-hydrogen) atoms. The number of fused-ring (bicyclic) bond motifs is 1. The van der Waals surface area contributed by atoms with Crippen LogP contribution in [-0.4, -0.2) is 29.0 Å². The summed E-state index contributed by atoms with van der Waals surface area (Å²) in [4.78, 5) is 24.6. The van der Waals surface area contributed by atoms with E-state index in [0.717, 1.165) is 40.4 Å². The highest BCUT2D eigenvalue weighted by molar-refractivity contribution is 7.21. The molecule has 7 heteroatoms. The van der Waals surface area contributed by atoms with Gasteiger partial charge in [0.1, 0.15) is 16.2 Å². The van der Waals surface area contributed by atoms with Gasteiger partial charge in [-0.15, -0.1) is 0 Å². The van der Waals surface area contributed by atoms with E-state index in [0.29, 0.717) is 13.1 Å². The standard InChI is InChI=1S/C19H19FN4OS/c20-15-6-1-4-13(10-15)11-22-17(25)14-5-3-9-24(12-14)19-23-16-7-2-8-21-18(16)26-19/h1-2,4,6-8,10,14H,3,5,9,11-12H2,(H,22,25)/t14-/m0/s1. The second kappa shape index (κ2) is 7.37. The van der Waals surface area contributed by atoms with Gasteiger partial charge in [0.25, 0.3) is 0 Å². The summed E-state index contributed by atoms with van der Waals surface area (Å²) in [6.45, 7) is 1.89. The fourth-order valence-electron chi connectivity index (χ4n) is 3.24. The normalized spacial score (nSPS) is 17.4. The first kappa shape index (κ1) is 16.9. The van der Waals surface area contributed by atoms with Crippen molar-refractivity contribution in [1.29, 1.82) is 0 Å². The van der Waals surface area contributed by atoms with E-state index >= 15 is 0 Å². The summed E-state index contributed by atoms with van der Waals surface area (Å²) in [5, 5.41) is 3.85. The van der Waals surface area contributed by atoms with Crippen molar-refractivity contribution in [3.63, 3.8) is 0 Å². The zero-order valence-electron chi connectivity index (χ0n) is 14.2. The molecule has 1 atom stereocenters. The van der Waals surface area contributed by atoms with Crippen molar-refractivity contribution in [2.24, 2.45) is 5.92 Å². The molecule has 1 aromatic carbocycles. The summed E-state index contributed by atoms with van der Waals surface area (Å²) in [7, 11) is 0. The lowest BCUT2D eigenvalue weighted by molar-refractivity contribution is -0.125. The van der Waals surface area contributed by atoms with Crippen LogP contribution in [0.4, 0.5) is 9.52 Å². The molecule has 134 valence electrons. The number of benzene rings is 1. The first-order valence-corrected chi connectivity index (χ1v) is 9.49. The molecule has 1 aliphatic heterocycles. The van der Waals surface area contributed by atoms with E-state index in [9.17, 15) is 9.18 Å². The van der Waals surface area contributed by atoms with Crippen molar-refractivity contribution in [3.05, 3.63) is 54.0 Å². The van der Waals surface area contributed by atoms with Crippen LogP contribution in [0.5, 0.6) is 0 Å². The van der Waals surface area contributed by atoms with Crippen LogP contribution in [0.25, 0.3) is 10.3 Å². The van der Waals surface area contributed by atoms with Gasteiger partial charge in [0.05, 0.1) is 5.92 Å². The summed E-state index contributed by atoms with van der Waals surface area (Å²) in [6, 6.07) is 10.1. The van der Waals surface area contributed by atoms with Crippen LogP contribution in [0.2, 0.25) is 0 Å². The van der Waals surface area contributed by atoms with E-state index in [4.69, 9.17) is 0 Å². The molecule has 5 nitrogen and oxygen atoms in total. The first-order chi connectivity index (χ1) is 12.7. The van der Waals surface area contributed by atoms with Gasteiger partial charge in [0.2, 0.25) is 5.91 Å². The molecular formula is C19H19FN4OS. The third kappa shape index (κ3) is 3.67. The number of hydrogen-bond donors (Lipinski definition) is 1. The summed E-state index contributed by atoms with van der Waals surface area (Å²) < 4.78 is 13.2. The van der Waals surface area contributed by atoms with Crippen molar-refractivity contribution in [1.82, 2.24) is 15.3 Å². The minimum absolute atomic E-state index is 0.0122. The van der Waals surface area contributed by atoms with Crippen LogP contribution in [0.1, 0.15) is 18.4 Å². The zero-order valence-corrected chi connectivity index (χ0v) is 15.0. The van der Waals surface area contributed by atoms with Gasteiger partial charge in [0, 0.05) is 25.8 Å². The number of piperidine rings is 1. The smallest absolute Gasteiger partial charge is 0.225 e. The molecule has 3 aromatic rings. The van der Waals surface area contributed by atoms with Crippen LogP contribution in [0.3, 0.4) is 0 Å². The fraction of sp³-hybridized carbons (Fsp3) is 0.316. The largest absolute Gasteiger partial charge is 0.352 e. The van der Waals surface area contributed by atoms with Gasteiger partial charge >= 0.3 is 0 Å². The minimum Gasteiger partial charge on any atom is -0.352 e. The summed E-state index contributed by atoms with van der Waals surface area (Å²) in [5.41, 5.74) is 1.66. The Bertz CT molecular complexity index is 896. The van der Waals surface area contributed by atoms with E-state index < -0.39 is 0 Å². The number of nitrogens with one attached hydrogen (secondary N) is 1. The Morgan fingerprint density at radius 1 is 1.35 bits per heavy atom. The van der Waals surface area contributed by atoms with Crippen LogP contribution >= 0.6 is 11.3 Å². The molecule has 0 bridgehead atoms. The maximum Gasteiger partial charge on any atom is 0.225 e. The minimum atomic E-state index is -0.287. The average molecular weight is 370 g/mol. The number of carbonyl (C=O) groups is 1. The molecule has 0 saturated carbocycles. The summed E-state index contributed by atoms with van der Waals surface area (Å²) in [5.74, 6) is -0.361. The lowest BCUT2D eigenvalue weighted by Gasteiger charge is -2.31. The van der Waals surface area contributed by atoms with Crippen molar-refractivity contribution in [2.45, 2.75) is 19.4 Å². The number of halogens is 1. The van der Waals surface area contributed by atoms with Crippen LogP contribution in [-0.2, 0) is 11.3 Å². The maximum absolute atomic E-state index is 13.2. The van der Waals surface area contributed by atoms with Crippen molar-refractivity contribution >= 4 is 32.7 Å². The summed E-state index contributed by atoms with van der Waals surface area (Å²) in [6.07, 6.45) is 3.57. The van der Waals surface area contributed by atoms with Gasteiger partial charge in [-0.2, -0.15) is 0 Å². The number of anilines is 1. The Kier molecular flexibility index (Phi) is 4.79. The molecule has 2 aromatic heterocycles. The lowest BCUT2D eigenvalue weighted by atomic mass is 9.97. The van der Waals surface area contributed by atoms with E-state index in [2.05, 4.69) is 20.2 Å². The zero-order chi connectivity index (χ0) is 17.9. The third-order valence-corrected chi connectivity index (χ3v) is 5.61. The second-order valence-corrected chi connectivity index (χ2v) is 7.41. The third-order valence-electron chi connectivity index (χ3n) is 4.57. The molecule has 0 unspecified atom stereocenters. The van der Waals surface area contributed by atoms with Crippen molar-refractivity contribution < 1.29 is 9.18 Å². The van der Waals surface area contributed by atoms with Crippen molar-refractivity contribution in [3.8, 4) is 0 Å². The van der Waals surface area contributed by atoms with Gasteiger partial charge < -0.3 is 10.2 Å². The van der Waals surface area contributed by atoms with Gasteiger partial charge in [-0.1, -0.05) is 23.5 Å². The number of rotatable bonds is 4. The second-order valence-electron chi connectivity index (χ2n) is 6.46. The lowest BCUT2D eigenvalue weighted by Crippen LogP contribution is -2.42. The van der Waals surface area contributed by atoms with Crippen molar-refractivity contribution in [2.75, 3.05) is 18.0 Å². The molecular weight excluding hydrogens is 351 g/mol. The van der Waals surface area contributed by atoms with Crippen LogP contribution < -0.4 is 10.2 Å². The molecule has 1 aliphatic rings. The number of thiazole rings is 1. The number of aromatic nitrogens is 2. The van der Waals surface area contributed by atoms with Gasteiger partial charge in [-0.05, 0) is 42.7 Å². The number of hydrogen-bond acceptors (Lipinski definition) is 5. The Morgan fingerprint density at radius 2 is 2.27 bits per heavy atom. The molecule has 0 aliphatic carbocycles. The first-order valence-electron chi connectivity index (χ1n) is 8.68. The maximum atomic E-state index is 13.2. The predicted octanol–water partition coefficient (Wildman–Crippen LogP) is 3.36. The Hall–Kier alpha value is -2.54. The Balaban J connectivity index is 1.40. The van der Waals surface area contributed by atoms with E-state index in [-0.39, 0.29) is 17.6 Å². The van der Waals surface area contributed by atoms with E-state index in [1.54, 1.807) is 23.6 Å². The molecule has 4 rings (SSSR count).